The summed E-state index contributed by atoms with van der Waals surface area (Å²) >= 11 is 0. The summed E-state index contributed by atoms with van der Waals surface area (Å²) < 4.78 is 18.6. The minimum absolute atomic E-state index is 0.212. The topological polar surface area (TPSA) is 41.6 Å². The van der Waals surface area contributed by atoms with Crippen LogP contribution in [0.15, 0.2) is 24.3 Å². The molecule has 4 nitrogen and oxygen atoms in total. The van der Waals surface area contributed by atoms with Crippen LogP contribution in [-0.2, 0) is 11.3 Å². The van der Waals surface area contributed by atoms with Crippen LogP contribution in [0.3, 0.4) is 0 Å². The summed E-state index contributed by atoms with van der Waals surface area (Å²) in [5, 5.41) is 3.32. The van der Waals surface area contributed by atoms with E-state index < -0.39 is 5.60 Å². The molecule has 1 N–H and O–H groups in total. The molecule has 1 unspecified atom stereocenters. The highest BCUT2D eigenvalue weighted by molar-refractivity contribution is 5.68. The number of halogens is 1. The van der Waals surface area contributed by atoms with Gasteiger partial charge in [-0.1, -0.05) is 12.1 Å². The number of amides is 1. The van der Waals surface area contributed by atoms with Gasteiger partial charge in [0.15, 0.2) is 0 Å². The molecule has 0 bridgehead atoms. The molecular weight excluding hydrogens is 295 g/mol. The fourth-order valence-electron chi connectivity index (χ4n) is 2.85. The molecule has 0 radical (unpaired) electrons. The van der Waals surface area contributed by atoms with Gasteiger partial charge in [0.25, 0.3) is 0 Å². The predicted octanol–water partition coefficient (Wildman–Crippen LogP) is 3.70. The highest BCUT2D eigenvalue weighted by Gasteiger charge is 2.31. The second-order valence-electron chi connectivity index (χ2n) is 7.07. The first-order valence-electron chi connectivity index (χ1n) is 8.30. The zero-order chi connectivity index (χ0) is 16.9. The van der Waals surface area contributed by atoms with Gasteiger partial charge in [0.1, 0.15) is 11.4 Å². The van der Waals surface area contributed by atoms with Crippen LogP contribution < -0.4 is 5.32 Å². The molecule has 23 heavy (non-hydrogen) atoms. The average Bonchev–Trinajstić information content (AvgIpc) is 2.90. The van der Waals surface area contributed by atoms with Crippen molar-refractivity contribution in [1.29, 1.82) is 0 Å². The van der Waals surface area contributed by atoms with Crippen molar-refractivity contribution < 1.29 is 13.9 Å². The molecule has 1 amide bonds. The first-order valence-corrected chi connectivity index (χ1v) is 8.30. The van der Waals surface area contributed by atoms with Crippen molar-refractivity contribution in [1.82, 2.24) is 10.2 Å². The lowest BCUT2D eigenvalue weighted by Crippen LogP contribution is -2.40. The lowest BCUT2D eigenvalue weighted by molar-refractivity contribution is 0.0220. The van der Waals surface area contributed by atoms with Gasteiger partial charge in [-0.15, -0.1) is 0 Å². The summed E-state index contributed by atoms with van der Waals surface area (Å²) in [5.41, 5.74) is 0.472. The summed E-state index contributed by atoms with van der Waals surface area (Å²) in [5.74, 6) is -0.212. The lowest BCUT2D eigenvalue weighted by atomic mass is 10.1. The van der Waals surface area contributed by atoms with Gasteiger partial charge in [0, 0.05) is 19.1 Å². The first-order chi connectivity index (χ1) is 10.8. The largest absolute Gasteiger partial charge is 0.444 e. The second kappa shape index (κ2) is 7.77. The molecule has 0 aromatic heterocycles. The van der Waals surface area contributed by atoms with Crippen molar-refractivity contribution in [3.8, 4) is 0 Å². The minimum atomic E-state index is -0.458. The second-order valence-corrected chi connectivity index (χ2v) is 7.07. The highest BCUT2D eigenvalue weighted by atomic mass is 19.1. The molecule has 1 saturated heterocycles. The lowest BCUT2D eigenvalue weighted by Gasteiger charge is -2.28. The fourth-order valence-corrected chi connectivity index (χ4v) is 2.85. The van der Waals surface area contributed by atoms with E-state index in [4.69, 9.17) is 4.74 Å². The number of hydrogen-bond acceptors (Lipinski definition) is 3. The van der Waals surface area contributed by atoms with Crippen LogP contribution in [0, 0.1) is 5.82 Å². The Bertz CT molecular complexity index is 528. The quantitative estimate of drug-likeness (QED) is 0.840. The van der Waals surface area contributed by atoms with Crippen LogP contribution in [-0.4, -0.2) is 35.7 Å². The molecule has 1 atom stereocenters. The van der Waals surface area contributed by atoms with E-state index in [-0.39, 0.29) is 18.0 Å². The van der Waals surface area contributed by atoms with E-state index in [2.05, 4.69) is 5.32 Å². The van der Waals surface area contributed by atoms with E-state index in [0.717, 1.165) is 37.9 Å². The minimum Gasteiger partial charge on any atom is -0.444 e. The number of carbonyl (C=O) groups excluding carboxylic acids is 1. The smallest absolute Gasteiger partial charge is 0.410 e. The van der Waals surface area contributed by atoms with Crippen LogP contribution in [0.25, 0.3) is 0 Å². The van der Waals surface area contributed by atoms with E-state index in [1.54, 1.807) is 6.07 Å². The van der Waals surface area contributed by atoms with E-state index >= 15 is 0 Å². The van der Waals surface area contributed by atoms with E-state index in [1.807, 2.05) is 31.7 Å². The monoisotopic (exact) mass is 322 g/mol. The number of ether oxygens (including phenoxy) is 1. The maximum absolute atomic E-state index is 13.1. The molecule has 1 aliphatic heterocycles. The summed E-state index contributed by atoms with van der Waals surface area (Å²) in [6.07, 6.45) is 2.70. The number of carbonyl (C=O) groups is 1. The normalized spacial score (nSPS) is 18.3. The molecule has 1 aromatic carbocycles. The van der Waals surface area contributed by atoms with Gasteiger partial charge < -0.3 is 15.0 Å². The Labute approximate surface area is 138 Å². The molecule has 2 rings (SSSR count). The number of nitrogens with zero attached hydrogens (tertiary/aromatic N) is 1. The Morgan fingerprint density at radius 3 is 2.91 bits per heavy atom. The fraction of sp³-hybridized carbons (Fsp3) is 0.611. The summed E-state index contributed by atoms with van der Waals surface area (Å²) in [7, 11) is 0. The number of hydrogen-bond donors (Lipinski definition) is 1. The molecule has 0 saturated carbocycles. The van der Waals surface area contributed by atoms with Crippen molar-refractivity contribution >= 4 is 6.09 Å². The van der Waals surface area contributed by atoms with Crippen LogP contribution in [0.1, 0.15) is 45.6 Å². The van der Waals surface area contributed by atoms with Gasteiger partial charge in [0.05, 0.1) is 0 Å². The van der Waals surface area contributed by atoms with Crippen LogP contribution in [0.2, 0.25) is 0 Å². The van der Waals surface area contributed by atoms with E-state index in [0.29, 0.717) is 6.54 Å². The highest BCUT2D eigenvalue weighted by Crippen LogP contribution is 2.22. The number of likely N-dealkylation sites (tertiary alicyclic amines) is 1. The first kappa shape index (κ1) is 17.7. The van der Waals surface area contributed by atoms with Gasteiger partial charge >= 0.3 is 6.09 Å². The van der Waals surface area contributed by atoms with Gasteiger partial charge in [-0.3, -0.25) is 0 Å². The average molecular weight is 322 g/mol. The van der Waals surface area contributed by atoms with Gasteiger partial charge in [0.2, 0.25) is 0 Å². The third-order valence-corrected chi connectivity index (χ3v) is 3.88. The molecule has 0 aliphatic carbocycles. The summed E-state index contributed by atoms with van der Waals surface area (Å²) in [4.78, 5) is 14.0. The SMILES string of the molecule is CC(C)(C)OC(=O)N1CCCC1CCNCc1cccc(F)c1. The number of nitrogens with one attached hydrogen (secondary N) is 1. The van der Waals surface area contributed by atoms with Crippen molar-refractivity contribution in [3.63, 3.8) is 0 Å². The van der Waals surface area contributed by atoms with Crippen LogP contribution in [0.5, 0.6) is 0 Å². The summed E-state index contributed by atoms with van der Waals surface area (Å²) in [6.45, 7) is 7.85. The third-order valence-electron chi connectivity index (χ3n) is 3.88. The molecule has 0 spiro atoms. The van der Waals surface area contributed by atoms with Crippen molar-refractivity contribution in [2.75, 3.05) is 13.1 Å². The van der Waals surface area contributed by atoms with E-state index in [1.165, 1.54) is 12.1 Å². The van der Waals surface area contributed by atoms with Crippen molar-refractivity contribution in [2.24, 2.45) is 0 Å². The van der Waals surface area contributed by atoms with Crippen molar-refractivity contribution in [3.05, 3.63) is 35.6 Å². The molecule has 128 valence electrons. The van der Waals surface area contributed by atoms with Crippen molar-refractivity contribution in [2.45, 2.75) is 58.2 Å². The van der Waals surface area contributed by atoms with Crippen LogP contribution in [0.4, 0.5) is 9.18 Å². The maximum atomic E-state index is 13.1. The standard InChI is InChI=1S/C18H27FN2O2/c1-18(2,3)23-17(22)21-11-5-8-16(21)9-10-20-13-14-6-4-7-15(19)12-14/h4,6-7,12,16,20H,5,8-11,13H2,1-3H3. The van der Waals surface area contributed by atoms with Gasteiger partial charge in [-0.2, -0.15) is 0 Å². The van der Waals surface area contributed by atoms with Gasteiger partial charge in [-0.25, -0.2) is 9.18 Å². The van der Waals surface area contributed by atoms with Crippen LogP contribution >= 0.6 is 0 Å². The van der Waals surface area contributed by atoms with E-state index in [9.17, 15) is 9.18 Å². The molecule has 1 aliphatic rings. The Morgan fingerprint density at radius 1 is 1.43 bits per heavy atom. The Morgan fingerprint density at radius 2 is 2.22 bits per heavy atom. The summed E-state index contributed by atoms with van der Waals surface area (Å²) in [6, 6.07) is 6.83. The Kier molecular flexibility index (Phi) is 5.99. The zero-order valence-electron chi connectivity index (χ0n) is 14.3. The maximum Gasteiger partial charge on any atom is 0.410 e. The number of benzene rings is 1. The molecule has 1 fully saturated rings. The molecule has 1 heterocycles. The molecule has 5 heteroatoms. The Hall–Kier alpha value is -1.62. The van der Waals surface area contributed by atoms with Gasteiger partial charge in [-0.05, 0) is 64.3 Å². The molecular formula is C18H27FN2O2. The number of rotatable bonds is 5. The zero-order valence-corrected chi connectivity index (χ0v) is 14.3. The third kappa shape index (κ3) is 5.82. The molecule has 1 aromatic rings. The Balaban J connectivity index is 1.75. The predicted molar refractivity (Wildman–Crippen MR) is 88.7 cm³/mol.